The molecule has 3 aliphatic rings. The van der Waals surface area contributed by atoms with Gasteiger partial charge in [-0.05, 0) is 31.0 Å². The van der Waals surface area contributed by atoms with E-state index in [-0.39, 0.29) is 30.3 Å². The van der Waals surface area contributed by atoms with Crippen LogP contribution in [0.5, 0.6) is 11.5 Å². The van der Waals surface area contributed by atoms with Crippen molar-refractivity contribution in [2.24, 2.45) is 0 Å². The highest BCUT2D eigenvalue weighted by atomic mass is 16.5. The van der Waals surface area contributed by atoms with Crippen LogP contribution in [0, 0.1) is 0 Å². The molecule has 184 valence electrons. The molecule has 2 aromatic rings. The van der Waals surface area contributed by atoms with E-state index in [0.717, 1.165) is 25.7 Å². The first-order valence-electron chi connectivity index (χ1n) is 12.3. The van der Waals surface area contributed by atoms with Crippen molar-refractivity contribution >= 4 is 23.4 Å². The Labute approximate surface area is 205 Å². The summed E-state index contributed by atoms with van der Waals surface area (Å²) < 4.78 is 11.0. The maximum atomic E-state index is 13.7. The topological polar surface area (TPSA) is 88.2 Å². The Hall–Kier alpha value is -3.55. The van der Waals surface area contributed by atoms with E-state index in [1.54, 1.807) is 41.3 Å². The van der Waals surface area contributed by atoms with Gasteiger partial charge in [0.2, 0.25) is 5.91 Å². The van der Waals surface area contributed by atoms with Crippen molar-refractivity contribution in [1.29, 1.82) is 0 Å². The van der Waals surface area contributed by atoms with Crippen LogP contribution in [0.1, 0.15) is 77.4 Å². The highest BCUT2D eigenvalue weighted by molar-refractivity contribution is 6.18. The number of ether oxygens (including phenoxy) is 2. The van der Waals surface area contributed by atoms with Crippen LogP contribution in [0.4, 0.5) is 5.69 Å². The average Bonchev–Trinajstić information content (AvgIpc) is 3.15. The Kier molecular flexibility index (Phi) is 6.36. The number of para-hydroxylation sites is 1. The highest BCUT2D eigenvalue weighted by Crippen LogP contribution is 2.49. The minimum atomic E-state index is -0.734. The molecular formula is C27H31N3O5. The number of anilines is 1. The number of fused-ring (bicyclic) bond motifs is 5. The summed E-state index contributed by atoms with van der Waals surface area (Å²) >= 11 is 0. The maximum absolute atomic E-state index is 13.7. The van der Waals surface area contributed by atoms with E-state index in [1.807, 2.05) is 0 Å². The van der Waals surface area contributed by atoms with E-state index in [1.165, 1.54) is 38.4 Å². The number of nitrogens with zero attached hydrogens (tertiary/aromatic N) is 2. The molecule has 1 saturated carbocycles. The molecule has 3 amide bonds. The first-order valence-corrected chi connectivity index (χ1v) is 12.3. The molecule has 5 rings (SSSR count). The first-order chi connectivity index (χ1) is 17.0. The molecule has 2 aromatic carbocycles. The number of hydrogen-bond donors (Lipinski definition) is 1. The quantitative estimate of drug-likeness (QED) is 0.702. The van der Waals surface area contributed by atoms with Crippen molar-refractivity contribution in [3.63, 3.8) is 0 Å². The number of nitrogens with one attached hydrogen (secondary N) is 1. The van der Waals surface area contributed by atoms with Crippen molar-refractivity contribution in [3.8, 4) is 11.5 Å². The second kappa shape index (κ2) is 9.60. The average molecular weight is 478 g/mol. The van der Waals surface area contributed by atoms with Crippen LogP contribution >= 0.6 is 0 Å². The molecule has 8 heteroatoms. The number of rotatable bonds is 5. The molecule has 2 aliphatic heterocycles. The summed E-state index contributed by atoms with van der Waals surface area (Å²) in [5.41, 5.74) is 1.90. The van der Waals surface area contributed by atoms with Crippen molar-refractivity contribution < 1.29 is 23.9 Å². The third-order valence-corrected chi connectivity index (χ3v) is 7.27. The van der Waals surface area contributed by atoms with Crippen molar-refractivity contribution in [2.75, 3.05) is 25.7 Å². The summed E-state index contributed by atoms with van der Waals surface area (Å²) in [5, 5.41) is 3.15. The lowest BCUT2D eigenvalue weighted by molar-refractivity contribution is -0.123. The maximum Gasteiger partial charge on any atom is 0.264 e. The van der Waals surface area contributed by atoms with Gasteiger partial charge >= 0.3 is 0 Å². The van der Waals surface area contributed by atoms with Crippen LogP contribution in [0.2, 0.25) is 0 Å². The summed E-state index contributed by atoms with van der Waals surface area (Å²) in [6, 6.07) is 10.6. The summed E-state index contributed by atoms with van der Waals surface area (Å²) in [7, 11) is 3.00. The van der Waals surface area contributed by atoms with Gasteiger partial charge < -0.3 is 19.7 Å². The third kappa shape index (κ3) is 4.00. The van der Waals surface area contributed by atoms with Gasteiger partial charge in [-0.2, -0.15) is 0 Å². The van der Waals surface area contributed by atoms with Crippen LogP contribution in [0.25, 0.3) is 0 Å². The molecule has 1 N–H and O–H groups in total. The Morgan fingerprint density at radius 1 is 0.943 bits per heavy atom. The van der Waals surface area contributed by atoms with Gasteiger partial charge in [0, 0.05) is 11.6 Å². The zero-order valence-electron chi connectivity index (χ0n) is 20.2. The van der Waals surface area contributed by atoms with E-state index in [4.69, 9.17) is 9.47 Å². The molecule has 1 atom stereocenters. The summed E-state index contributed by atoms with van der Waals surface area (Å²) in [5.74, 6) is 0.00161. The Morgan fingerprint density at radius 3 is 2.37 bits per heavy atom. The standard InChI is InChI=1S/C27H31N3O5/c1-34-21-15-14-19-23(24(21)35-2)27(33)30-20-13-9-8-12-18(20)26(32)29(25(19)30)16-22(31)28-17-10-6-4-3-5-7-11-17/h8-9,12-15,17,25H,3-7,10-11,16H2,1-2H3,(H,28,31). The fourth-order valence-corrected chi connectivity index (χ4v) is 5.61. The second-order valence-electron chi connectivity index (χ2n) is 9.37. The molecule has 35 heavy (non-hydrogen) atoms. The summed E-state index contributed by atoms with van der Waals surface area (Å²) in [4.78, 5) is 43.6. The number of methoxy groups -OCH3 is 2. The van der Waals surface area contributed by atoms with E-state index in [2.05, 4.69) is 5.32 Å². The molecule has 0 spiro atoms. The van der Waals surface area contributed by atoms with Crippen LogP contribution in [-0.2, 0) is 4.79 Å². The normalized spacial score (nSPS) is 19.9. The third-order valence-electron chi connectivity index (χ3n) is 7.27. The van der Waals surface area contributed by atoms with E-state index in [9.17, 15) is 14.4 Å². The van der Waals surface area contributed by atoms with Gasteiger partial charge in [0.05, 0.1) is 31.0 Å². The summed E-state index contributed by atoms with van der Waals surface area (Å²) in [6.07, 6.45) is 7.00. The minimum Gasteiger partial charge on any atom is -0.493 e. The Balaban J connectivity index is 1.51. The molecule has 0 aromatic heterocycles. The number of hydrogen-bond acceptors (Lipinski definition) is 5. The molecule has 0 bridgehead atoms. The molecule has 0 radical (unpaired) electrons. The van der Waals surface area contributed by atoms with Gasteiger partial charge in [0.1, 0.15) is 12.7 Å². The van der Waals surface area contributed by atoms with Crippen molar-refractivity contribution in [1.82, 2.24) is 10.2 Å². The molecule has 1 aliphatic carbocycles. The molecule has 0 saturated heterocycles. The summed E-state index contributed by atoms with van der Waals surface area (Å²) in [6.45, 7) is -0.133. The van der Waals surface area contributed by atoms with Gasteiger partial charge in [-0.25, -0.2) is 0 Å². The fourth-order valence-electron chi connectivity index (χ4n) is 5.61. The number of amides is 3. The predicted molar refractivity (Wildman–Crippen MR) is 131 cm³/mol. The van der Waals surface area contributed by atoms with Gasteiger partial charge in [0.25, 0.3) is 11.8 Å². The lowest BCUT2D eigenvalue weighted by Gasteiger charge is -2.40. The largest absolute Gasteiger partial charge is 0.493 e. The van der Waals surface area contributed by atoms with Crippen molar-refractivity contribution in [2.45, 2.75) is 57.2 Å². The van der Waals surface area contributed by atoms with Crippen LogP contribution < -0.4 is 19.7 Å². The number of carbonyl (C=O) groups excluding carboxylic acids is 3. The van der Waals surface area contributed by atoms with Gasteiger partial charge in [-0.1, -0.05) is 50.3 Å². The number of carbonyl (C=O) groups is 3. The second-order valence-corrected chi connectivity index (χ2v) is 9.37. The number of benzene rings is 2. The SMILES string of the molecule is COc1ccc2c(c1OC)C(=O)N1c3ccccc3C(=O)N(CC(=O)NC3CCCCCCC3)C21. The fraction of sp³-hybridized carbons (Fsp3) is 0.444. The first kappa shape index (κ1) is 23.2. The van der Waals surface area contributed by atoms with Gasteiger partial charge in [-0.3, -0.25) is 19.3 Å². The van der Waals surface area contributed by atoms with Gasteiger partial charge in [0.15, 0.2) is 11.5 Å². The van der Waals surface area contributed by atoms with Crippen LogP contribution in [0.15, 0.2) is 36.4 Å². The van der Waals surface area contributed by atoms with Gasteiger partial charge in [-0.15, -0.1) is 0 Å². The van der Waals surface area contributed by atoms with Crippen LogP contribution in [0.3, 0.4) is 0 Å². The van der Waals surface area contributed by atoms with Crippen LogP contribution in [-0.4, -0.2) is 49.4 Å². The molecule has 1 unspecified atom stereocenters. The lowest BCUT2D eigenvalue weighted by Crippen LogP contribution is -2.52. The zero-order valence-corrected chi connectivity index (χ0v) is 20.2. The highest BCUT2D eigenvalue weighted by Gasteiger charge is 2.50. The lowest BCUT2D eigenvalue weighted by atomic mass is 9.96. The molecule has 8 nitrogen and oxygen atoms in total. The molecule has 2 heterocycles. The Bertz CT molecular complexity index is 1160. The molecule has 1 fully saturated rings. The monoisotopic (exact) mass is 477 g/mol. The molecular weight excluding hydrogens is 446 g/mol. The minimum absolute atomic E-state index is 0.118. The van der Waals surface area contributed by atoms with Crippen molar-refractivity contribution in [3.05, 3.63) is 53.1 Å². The Morgan fingerprint density at radius 2 is 1.66 bits per heavy atom. The van der Waals surface area contributed by atoms with E-state index in [0.29, 0.717) is 33.9 Å². The van der Waals surface area contributed by atoms with E-state index < -0.39 is 6.17 Å². The predicted octanol–water partition coefficient (Wildman–Crippen LogP) is 4.05. The smallest absolute Gasteiger partial charge is 0.264 e. The van der Waals surface area contributed by atoms with E-state index >= 15 is 0 Å². The zero-order chi connectivity index (χ0) is 24.5.